The highest BCUT2D eigenvalue weighted by atomic mass is 19.1. The van der Waals surface area contributed by atoms with E-state index in [9.17, 15) is 4.32 Å². The van der Waals surface area contributed by atoms with Crippen LogP contribution in [0, 0.1) is 0 Å². The largest absolute Gasteiger partial charge is 0.454 e. The fraction of sp³-hybridized carbons (Fsp3) is 1.00. The molecule has 2 rings (SSSR count). The average molecular weight is 210 g/mol. The minimum Gasteiger partial charge on any atom is -0.316 e. The molecule has 0 aromatic rings. The summed E-state index contributed by atoms with van der Waals surface area (Å²) in [6, 6.07) is 1.01. The zero-order valence-corrected chi connectivity index (χ0v) is 9.63. The summed E-state index contributed by atoms with van der Waals surface area (Å²) in [4.78, 5) is 2.05. The van der Waals surface area contributed by atoms with Crippen molar-refractivity contribution in [2.45, 2.75) is 76.3 Å². The lowest BCUT2D eigenvalue weighted by Crippen LogP contribution is -2.46. The monoisotopic (exact) mass is 210 g/mol. The molecule has 0 aromatic carbocycles. The first kappa shape index (κ1) is 11.4. The smallest absolute Gasteiger partial charge is 0.316 e. The summed E-state index contributed by atoms with van der Waals surface area (Å²) < 4.78 is 13.0. The standard InChI is InChI=1S/C12H22BFN/c14-13-15(11-7-3-1-4-8-11)12-9-5-2-6-10-12/h11-12H,1-10H2. The van der Waals surface area contributed by atoms with Gasteiger partial charge in [0, 0.05) is 12.1 Å². The average Bonchev–Trinajstić information content (AvgIpc) is 2.33. The van der Waals surface area contributed by atoms with Gasteiger partial charge in [0.1, 0.15) is 0 Å². The Bertz CT molecular complexity index is 158. The van der Waals surface area contributed by atoms with E-state index >= 15 is 0 Å². The molecule has 0 saturated heterocycles. The second kappa shape index (κ2) is 5.88. The van der Waals surface area contributed by atoms with E-state index in [1.807, 2.05) is 0 Å². The highest BCUT2D eigenvalue weighted by Gasteiger charge is 2.29. The van der Waals surface area contributed by atoms with Crippen LogP contribution >= 0.6 is 0 Å². The SMILES string of the molecule is F[B]N(C1CCCCC1)C1CCCCC1. The zero-order chi connectivity index (χ0) is 10.5. The Balaban J connectivity index is 1.88. The summed E-state index contributed by atoms with van der Waals surface area (Å²) in [5.74, 6) is 0. The molecule has 0 spiro atoms. The fourth-order valence-electron chi connectivity index (χ4n) is 3.22. The Kier molecular flexibility index (Phi) is 4.49. The molecule has 1 radical (unpaired) electrons. The van der Waals surface area contributed by atoms with E-state index in [4.69, 9.17) is 0 Å². The van der Waals surface area contributed by atoms with Crippen LogP contribution in [-0.2, 0) is 0 Å². The van der Waals surface area contributed by atoms with Gasteiger partial charge in [-0.2, -0.15) is 0 Å². The van der Waals surface area contributed by atoms with Crippen molar-refractivity contribution < 1.29 is 4.32 Å². The Morgan fingerprint density at radius 3 is 1.47 bits per heavy atom. The van der Waals surface area contributed by atoms with Gasteiger partial charge in [0.2, 0.25) is 0 Å². The van der Waals surface area contributed by atoms with E-state index in [-0.39, 0.29) is 0 Å². The van der Waals surface area contributed by atoms with Crippen molar-refractivity contribution in [1.29, 1.82) is 0 Å². The highest BCUT2D eigenvalue weighted by Crippen LogP contribution is 2.29. The first-order valence-corrected chi connectivity index (χ1v) is 6.63. The van der Waals surface area contributed by atoms with Crippen molar-refractivity contribution in [3.8, 4) is 0 Å². The minimum absolute atomic E-state index is 0.506. The maximum absolute atomic E-state index is 13.0. The highest BCUT2D eigenvalue weighted by molar-refractivity contribution is 6.22. The number of nitrogens with zero attached hydrogens (tertiary/aromatic N) is 1. The van der Waals surface area contributed by atoms with Gasteiger partial charge >= 0.3 is 7.69 Å². The normalized spacial score (nSPS) is 25.7. The molecule has 0 aromatic heterocycles. The van der Waals surface area contributed by atoms with E-state index < -0.39 is 0 Å². The van der Waals surface area contributed by atoms with Crippen molar-refractivity contribution in [3.63, 3.8) is 0 Å². The molecule has 0 amide bonds. The Labute approximate surface area is 93.7 Å². The van der Waals surface area contributed by atoms with Gasteiger partial charge < -0.3 is 9.13 Å². The van der Waals surface area contributed by atoms with Gasteiger partial charge in [0.25, 0.3) is 0 Å². The van der Waals surface area contributed by atoms with E-state index in [1.54, 1.807) is 0 Å². The van der Waals surface area contributed by atoms with Gasteiger partial charge in [-0.05, 0) is 25.7 Å². The van der Waals surface area contributed by atoms with Crippen molar-refractivity contribution in [1.82, 2.24) is 4.81 Å². The van der Waals surface area contributed by atoms with Crippen LogP contribution in [0.2, 0.25) is 0 Å². The number of halogens is 1. The van der Waals surface area contributed by atoms with Gasteiger partial charge in [-0.15, -0.1) is 0 Å². The number of rotatable bonds is 3. The van der Waals surface area contributed by atoms with Crippen LogP contribution in [0.4, 0.5) is 4.32 Å². The van der Waals surface area contributed by atoms with E-state index in [2.05, 4.69) is 4.81 Å². The maximum Gasteiger partial charge on any atom is 0.454 e. The Hall–Kier alpha value is -0.0451. The molecule has 2 fully saturated rings. The van der Waals surface area contributed by atoms with Gasteiger partial charge in [0.05, 0.1) is 0 Å². The lowest BCUT2D eigenvalue weighted by atomic mass is 9.85. The molecule has 2 aliphatic rings. The Morgan fingerprint density at radius 1 is 0.733 bits per heavy atom. The summed E-state index contributed by atoms with van der Waals surface area (Å²) in [6.45, 7) is 0. The summed E-state index contributed by atoms with van der Waals surface area (Å²) in [5.41, 5.74) is 0. The molecule has 0 bridgehead atoms. The third-order valence-electron chi connectivity index (χ3n) is 4.11. The quantitative estimate of drug-likeness (QED) is 0.645. The summed E-state index contributed by atoms with van der Waals surface area (Å²) >= 11 is 0. The predicted octanol–water partition coefficient (Wildman–Crippen LogP) is 3.46. The van der Waals surface area contributed by atoms with E-state index in [0.29, 0.717) is 12.1 Å². The van der Waals surface area contributed by atoms with Crippen molar-refractivity contribution in [2.75, 3.05) is 0 Å². The molecule has 0 atom stereocenters. The first-order chi connectivity index (χ1) is 7.42. The second-order valence-corrected chi connectivity index (χ2v) is 5.13. The topological polar surface area (TPSA) is 3.24 Å². The van der Waals surface area contributed by atoms with Crippen LogP contribution in [0.1, 0.15) is 64.2 Å². The third-order valence-corrected chi connectivity index (χ3v) is 4.11. The van der Waals surface area contributed by atoms with Crippen LogP contribution in [-0.4, -0.2) is 24.6 Å². The molecule has 3 heteroatoms. The lowest BCUT2D eigenvalue weighted by Gasteiger charge is -2.39. The zero-order valence-electron chi connectivity index (χ0n) is 9.63. The van der Waals surface area contributed by atoms with Crippen LogP contribution in [0.15, 0.2) is 0 Å². The molecule has 2 saturated carbocycles. The molecule has 2 aliphatic carbocycles. The molecule has 0 N–H and O–H groups in total. The molecular weight excluding hydrogens is 188 g/mol. The van der Waals surface area contributed by atoms with Crippen LogP contribution < -0.4 is 0 Å². The van der Waals surface area contributed by atoms with E-state index in [1.165, 1.54) is 64.2 Å². The van der Waals surface area contributed by atoms with Crippen molar-refractivity contribution >= 4 is 7.69 Å². The van der Waals surface area contributed by atoms with Gasteiger partial charge in [-0.25, -0.2) is 0 Å². The Morgan fingerprint density at radius 2 is 1.13 bits per heavy atom. The van der Waals surface area contributed by atoms with Crippen LogP contribution in [0.5, 0.6) is 0 Å². The summed E-state index contributed by atoms with van der Waals surface area (Å²) in [5, 5.41) is 0. The van der Waals surface area contributed by atoms with Gasteiger partial charge in [0.15, 0.2) is 0 Å². The van der Waals surface area contributed by atoms with Crippen LogP contribution in [0.25, 0.3) is 0 Å². The third kappa shape index (κ3) is 2.96. The molecule has 0 unspecified atom stereocenters. The fourth-order valence-corrected chi connectivity index (χ4v) is 3.22. The number of hydrogen-bond donors (Lipinski definition) is 0. The number of hydrogen-bond acceptors (Lipinski definition) is 1. The molecule has 1 nitrogen and oxygen atoms in total. The molecule has 0 aliphatic heterocycles. The molecule has 85 valence electrons. The lowest BCUT2D eigenvalue weighted by molar-refractivity contribution is 0.162. The van der Waals surface area contributed by atoms with Crippen molar-refractivity contribution in [3.05, 3.63) is 0 Å². The predicted molar refractivity (Wildman–Crippen MR) is 62.4 cm³/mol. The maximum atomic E-state index is 13.0. The second-order valence-electron chi connectivity index (χ2n) is 5.13. The molecule has 15 heavy (non-hydrogen) atoms. The van der Waals surface area contributed by atoms with Gasteiger partial charge in [-0.3, -0.25) is 0 Å². The van der Waals surface area contributed by atoms with Crippen molar-refractivity contribution in [2.24, 2.45) is 0 Å². The summed E-state index contributed by atoms with van der Waals surface area (Å²) in [7, 11) is 0.881. The molecular formula is C12H22BFN. The van der Waals surface area contributed by atoms with Gasteiger partial charge in [-0.1, -0.05) is 38.5 Å². The van der Waals surface area contributed by atoms with Crippen LogP contribution in [0.3, 0.4) is 0 Å². The summed E-state index contributed by atoms with van der Waals surface area (Å²) in [6.07, 6.45) is 12.7. The van der Waals surface area contributed by atoms with E-state index in [0.717, 1.165) is 7.69 Å². The minimum atomic E-state index is 0.506. The molecule has 0 heterocycles. The first-order valence-electron chi connectivity index (χ1n) is 6.63.